The molecule has 0 aliphatic heterocycles. The third-order valence-electron chi connectivity index (χ3n) is 2.20. The summed E-state index contributed by atoms with van der Waals surface area (Å²) in [5.41, 5.74) is 0. The number of amides is 1. The standard InChI is InChI=1S/C10H22N2O4S/c1-9(2)17(14,15)7-5-11-8-10(13)12-4-6-16-3/h9,11H,4-8H2,1-3H3,(H,12,13). The van der Waals surface area contributed by atoms with E-state index in [1.807, 2.05) is 0 Å². The van der Waals surface area contributed by atoms with Crippen LogP contribution in [0.25, 0.3) is 0 Å². The minimum absolute atomic E-state index is 0.0516. The van der Waals surface area contributed by atoms with E-state index in [-0.39, 0.29) is 30.0 Å². The average molecular weight is 266 g/mol. The lowest BCUT2D eigenvalue weighted by molar-refractivity contribution is -0.120. The van der Waals surface area contributed by atoms with Crippen molar-refractivity contribution in [1.82, 2.24) is 10.6 Å². The van der Waals surface area contributed by atoms with Gasteiger partial charge in [0, 0.05) is 20.2 Å². The molecule has 6 nitrogen and oxygen atoms in total. The fourth-order valence-electron chi connectivity index (χ4n) is 1.01. The van der Waals surface area contributed by atoms with Gasteiger partial charge in [-0.05, 0) is 13.8 Å². The average Bonchev–Trinajstić information content (AvgIpc) is 2.24. The van der Waals surface area contributed by atoms with Gasteiger partial charge in [-0.1, -0.05) is 0 Å². The number of carbonyl (C=O) groups is 1. The van der Waals surface area contributed by atoms with Crippen molar-refractivity contribution in [1.29, 1.82) is 0 Å². The van der Waals surface area contributed by atoms with Crippen LogP contribution in [0.3, 0.4) is 0 Å². The number of ether oxygens (including phenoxy) is 1. The first-order valence-electron chi connectivity index (χ1n) is 5.58. The third-order valence-corrected chi connectivity index (χ3v) is 4.41. The molecule has 0 saturated carbocycles. The predicted octanol–water partition coefficient (Wildman–Crippen LogP) is -0.838. The van der Waals surface area contributed by atoms with Gasteiger partial charge in [0.05, 0.1) is 24.2 Å². The number of nitrogens with one attached hydrogen (secondary N) is 2. The van der Waals surface area contributed by atoms with Crippen molar-refractivity contribution < 1.29 is 17.9 Å². The van der Waals surface area contributed by atoms with E-state index in [0.717, 1.165) is 0 Å². The van der Waals surface area contributed by atoms with Crippen LogP contribution in [-0.2, 0) is 19.4 Å². The SMILES string of the molecule is COCCNC(=O)CNCCS(=O)(=O)C(C)C. The molecule has 0 aliphatic carbocycles. The summed E-state index contributed by atoms with van der Waals surface area (Å²) in [5.74, 6) is -0.111. The minimum Gasteiger partial charge on any atom is -0.383 e. The third kappa shape index (κ3) is 8.12. The molecule has 0 fully saturated rings. The number of carbonyl (C=O) groups excluding carboxylic acids is 1. The molecular formula is C10H22N2O4S. The van der Waals surface area contributed by atoms with E-state index in [0.29, 0.717) is 13.2 Å². The minimum atomic E-state index is -3.03. The van der Waals surface area contributed by atoms with Gasteiger partial charge >= 0.3 is 0 Å². The van der Waals surface area contributed by atoms with Crippen molar-refractivity contribution >= 4 is 15.7 Å². The van der Waals surface area contributed by atoms with Crippen LogP contribution < -0.4 is 10.6 Å². The van der Waals surface area contributed by atoms with Gasteiger partial charge in [0.15, 0.2) is 9.84 Å². The number of hydrogen-bond donors (Lipinski definition) is 2. The molecule has 0 unspecified atom stereocenters. The zero-order valence-corrected chi connectivity index (χ0v) is 11.5. The molecule has 2 N–H and O–H groups in total. The van der Waals surface area contributed by atoms with Gasteiger partial charge in [0.1, 0.15) is 0 Å². The van der Waals surface area contributed by atoms with E-state index in [1.54, 1.807) is 21.0 Å². The zero-order valence-electron chi connectivity index (χ0n) is 10.7. The molecule has 0 rings (SSSR count). The van der Waals surface area contributed by atoms with Crippen LogP contribution >= 0.6 is 0 Å². The van der Waals surface area contributed by atoms with E-state index in [9.17, 15) is 13.2 Å². The highest BCUT2D eigenvalue weighted by atomic mass is 32.2. The number of methoxy groups -OCH3 is 1. The summed E-state index contributed by atoms with van der Waals surface area (Å²) in [6.45, 7) is 4.63. The maximum absolute atomic E-state index is 11.4. The molecule has 102 valence electrons. The normalized spacial score (nSPS) is 11.8. The van der Waals surface area contributed by atoms with Crippen LogP contribution in [0.5, 0.6) is 0 Å². The Morgan fingerprint density at radius 2 is 1.94 bits per heavy atom. The predicted molar refractivity (Wildman–Crippen MR) is 66.7 cm³/mol. The fourth-order valence-corrected chi connectivity index (χ4v) is 1.91. The first kappa shape index (κ1) is 16.3. The van der Waals surface area contributed by atoms with E-state index in [4.69, 9.17) is 4.74 Å². The van der Waals surface area contributed by atoms with Crippen molar-refractivity contribution in [2.24, 2.45) is 0 Å². The Morgan fingerprint density at radius 3 is 2.47 bits per heavy atom. The molecule has 0 aromatic heterocycles. The zero-order chi connectivity index (χ0) is 13.3. The second-order valence-corrected chi connectivity index (χ2v) is 6.61. The van der Waals surface area contributed by atoms with Gasteiger partial charge in [-0.3, -0.25) is 4.79 Å². The highest BCUT2D eigenvalue weighted by molar-refractivity contribution is 7.92. The van der Waals surface area contributed by atoms with Gasteiger partial charge in [0.25, 0.3) is 0 Å². The number of rotatable bonds is 9. The maximum atomic E-state index is 11.4. The van der Waals surface area contributed by atoms with Crippen molar-refractivity contribution in [3.63, 3.8) is 0 Å². The lowest BCUT2D eigenvalue weighted by Crippen LogP contribution is -2.37. The van der Waals surface area contributed by atoms with E-state index in [2.05, 4.69) is 10.6 Å². The van der Waals surface area contributed by atoms with Crippen molar-refractivity contribution in [2.75, 3.05) is 39.1 Å². The molecule has 0 atom stereocenters. The molecule has 0 radical (unpaired) electrons. The van der Waals surface area contributed by atoms with Crippen LogP contribution in [0.4, 0.5) is 0 Å². The van der Waals surface area contributed by atoms with Crippen LogP contribution in [0, 0.1) is 0 Å². The van der Waals surface area contributed by atoms with Crippen molar-refractivity contribution in [3.05, 3.63) is 0 Å². The van der Waals surface area contributed by atoms with Gasteiger partial charge in [0.2, 0.25) is 5.91 Å². The Kier molecular flexibility index (Phi) is 8.11. The quantitative estimate of drug-likeness (QED) is 0.532. The molecule has 0 aromatic rings. The largest absolute Gasteiger partial charge is 0.383 e. The van der Waals surface area contributed by atoms with Crippen LogP contribution in [0.2, 0.25) is 0 Å². The lowest BCUT2D eigenvalue weighted by Gasteiger charge is -2.08. The highest BCUT2D eigenvalue weighted by Crippen LogP contribution is 1.98. The molecular weight excluding hydrogens is 244 g/mol. The highest BCUT2D eigenvalue weighted by Gasteiger charge is 2.15. The molecule has 0 aliphatic rings. The first-order valence-corrected chi connectivity index (χ1v) is 7.29. The molecule has 1 amide bonds. The van der Waals surface area contributed by atoms with E-state index in [1.165, 1.54) is 0 Å². The molecule has 0 aromatic carbocycles. The van der Waals surface area contributed by atoms with Gasteiger partial charge in [-0.2, -0.15) is 0 Å². The molecule has 0 saturated heterocycles. The lowest BCUT2D eigenvalue weighted by atomic mass is 10.5. The summed E-state index contributed by atoms with van der Waals surface area (Å²) in [4.78, 5) is 11.2. The van der Waals surface area contributed by atoms with Crippen LogP contribution in [0.15, 0.2) is 0 Å². The summed E-state index contributed by atoms with van der Waals surface area (Å²) in [5, 5.41) is 5.04. The van der Waals surface area contributed by atoms with E-state index < -0.39 is 9.84 Å². The topological polar surface area (TPSA) is 84.5 Å². The second kappa shape index (κ2) is 8.43. The Balaban J connectivity index is 3.61. The number of hydrogen-bond acceptors (Lipinski definition) is 5. The maximum Gasteiger partial charge on any atom is 0.234 e. The van der Waals surface area contributed by atoms with Gasteiger partial charge < -0.3 is 15.4 Å². The molecule has 0 spiro atoms. The van der Waals surface area contributed by atoms with Gasteiger partial charge in [-0.15, -0.1) is 0 Å². The van der Waals surface area contributed by atoms with Gasteiger partial charge in [-0.25, -0.2) is 8.42 Å². The Labute approximate surface area is 103 Å². The van der Waals surface area contributed by atoms with E-state index >= 15 is 0 Å². The summed E-state index contributed by atoms with van der Waals surface area (Å²) >= 11 is 0. The molecule has 0 heterocycles. The Morgan fingerprint density at radius 1 is 1.29 bits per heavy atom. The first-order chi connectivity index (χ1) is 7.90. The van der Waals surface area contributed by atoms with Crippen LogP contribution in [0.1, 0.15) is 13.8 Å². The van der Waals surface area contributed by atoms with Crippen molar-refractivity contribution in [2.45, 2.75) is 19.1 Å². The van der Waals surface area contributed by atoms with Crippen molar-refractivity contribution in [3.8, 4) is 0 Å². The fraction of sp³-hybridized carbons (Fsp3) is 0.900. The summed E-state index contributed by atoms with van der Waals surface area (Å²) in [6.07, 6.45) is 0. The molecule has 17 heavy (non-hydrogen) atoms. The Hall–Kier alpha value is -0.660. The number of sulfone groups is 1. The summed E-state index contributed by atoms with van der Waals surface area (Å²) < 4.78 is 27.6. The second-order valence-electron chi connectivity index (χ2n) is 3.94. The molecule has 7 heteroatoms. The summed E-state index contributed by atoms with van der Waals surface area (Å²) in [7, 11) is -1.47. The summed E-state index contributed by atoms with van der Waals surface area (Å²) in [6, 6.07) is 0. The molecule has 0 bridgehead atoms. The monoisotopic (exact) mass is 266 g/mol. The van der Waals surface area contributed by atoms with Crippen LogP contribution in [-0.4, -0.2) is 58.7 Å². The Bertz CT molecular complexity index is 314. The smallest absolute Gasteiger partial charge is 0.234 e.